The van der Waals surface area contributed by atoms with Crippen LogP contribution in [0.2, 0.25) is 5.02 Å². The number of hydrogen-bond acceptors (Lipinski definition) is 6. The van der Waals surface area contributed by atoms with E-state index in [1.54, 1.807) is 31.2 Å². The van der Waals surface area contributed by atoms with E-state index in [1.165, 1.54) is 4.90 Å². The molecular formula is C15H15ClN4O4S. The summed E-state index contributed by atoms with van der Waals surface area (Å²) in [5, 5.41) is 11.3. The van der Waals surface area contributed by atoms with Gasteiger partial charge >= 0.3 is 0 Å². The Labute approximate surface area is 152 Å². The predicted molar refractivity (Wildman–Crippen MR) is 94.8 cm³/mol. The smallest absolute Gasteiger partial charge is 0.238 e. The minimum Gasteiger partial charge on any atom is -0.369 e. The van der Waals surface area contributed by atoms with Gasteiger partial charge in [0.05, 0.1) is 23.6 Å². The number of halogens is 1. The molecule has 132 valence electrons. The van der Waals surface area contributed by atoms with Gasteiger partial charge in [-0.25, -0.2) is 0 Å². The fourth-order valence-electron chi connectivity index (χ4n) is 2.12. The molecule has 0 aliphatic carbocycles. The maximum absolute atomic E-state index is 12.5. The molecule has 0 saturated carbocycles. The number of hydrogen-bond donors (Lipinski definition) is 1. The first-order chi connectivity index (χ1) is 11.8. The normalized spacial score (nSPS) is 10.5. The summed E-state index contributed by atoms with van der Waals surface area (Å²) in [5.74, 6) is -0.933. The molecule has 1 aromatic carbocycles. The molecule has 10 heteroatoms. The molecule has 0 aliphatic heterocycles. The van der Waals surface area contributed by atoms with Crippen LogP contribution in [-0.2, 0) is 16.0 Å². The Morgan fingerprint density at radius 1 is 1.36 bits per heavy atom. The number of nitrogens with two attached hydrogens (primary N) is 1. The van der Waals surface area contributed by atoms with Crippen LogP contribution in [0.15, 0.2) is 24.3 Å². The van der Waals surface area contributed by atoms with Crippen molar-refractivity contribution in [3.05, 3.63) is 50.7 Å². The standard InChI is InChI=1S/C15H15ClN4O4S/c1-9-14(16)15(25-18-9)20(13(22)6-7-19(23)24)11-4-2-10(3-5-11)8-12(17)21/h2-5H,6-8H2,1H3,(H2,17,21). The largest absolute Gasteiger partial charge is 0.369 e. The van der Waals surface area contributed by atoms with E-state index in [-0.39, 0.29) is 12.8 Å². The first-order valence-electron chi connectivity index (χ1n) is 7.23. The van der Waals surface area contributed by atoms with E-state index in [2.05, 4.69) is 4.37 Å². The second-order valence-electron chi connectivity index (χ2n) is 5.23. The maximum atomic E-state index is 12.5. The van der Waals surface area contributed by atoms with E-state index in [0.717, 1.165) is 11.5 Å². The van der Waals surface area contributed by atoms with E-state index in [1.807, 2.05) is 0 Å². The van der Waals surface area contributed by atoms with Crippen molar-refractivity contribution in [1.82, 2.24) is 4.37 Å². The van der Waals surface area contributed by atoms with Crippen molar-refractivity contribution >= 4 is 45.6 Å². The molecular weight excluding hydrogens is 368 g/mol. The lowest BCUT2D eigenvalue weighted by Crippen LogP contribution is -2.27. The quantitative estimate of drug-likeness (QED) is 0.582. The molecule has 25 heavy (non-hydrogen) atoms. The fourth-order valence-corrected chi connectivity index (χ4v) is 3.23. The Hall–Kier alpha value is -2.52. The first kappa shape index (κ1) is 18.8. The zero-order valence-electron chi connectivity index (χ0n) is 13.3. The second-order valence-corrected chi connectivity index (χ2v) is 6.36. The van der Waals surface area contributed by atoms with E-state index >= 15 is 0 Å². The Morgan fingerprint density at radius 3 is 2.48 bits per heavy atom. The summed E-state index contributed by atoms with van der Waals surface area (Å²) in [5.41, 5.74) is 6.90. The van der Waals surface area contributed by atoms with Crippen LogP contribution in [0.3, 0.4) is 0 Å². The zero-order valence-corrected chi connectivity index (χ0v) is 14.8. The third-order valence-electron chi connectivity index (χ3n) is 3.31. The molecule has 0 unspecified atom stereocenters. The Bertz CT molecular complexity index is 806. The van der Waals surface area contributed by atoms with Gasteiger partial charge in [-0.2, -0.15) is 4.37 Å². The van der Waals surface area contributed by atoms with Crippen molar-refractivity contribution in [3.8, 4) is 0 Å². The van der Waals surface area contributed by atoms with Crippen molar-refractivity contribution in [2.24, 2.45) is 5.73 Å². The number of amides is 2. The summed E-state index contributed by atoms with van der Waals surface area (Å²) in [6, 6.07) is 6.59. The molecule has 0 fully saturated rings. The Kier molecular flexibility index (Phi) is 6.05. The monoisotopic (exact) mass is 382 g/mol. The summed E-state index contributed by atoms with van der Waals surface area (Å²) in [4.78, 5) is 34.9. The van der Waals surface area contributed by atoms with Crippen molar-refractivity contribution in [3.63, 3.8) is 0 Å². The minimum absolute atomic E-state index is 0.0793. The number of primary amides is 1. The molecule has 0 bridgehead atoms. The highest BCUT2D eigenvalue weighted by Crippen LogP contribution is 2.38. The molecule has 0 atom stereocenters. The number of carbonyl (C=O) groups excluding carboxylic acids is 2. The third-order valence-corrected chi connectivity index (χ3v) is 4.80. The highest BCUT2D eigenvalue weighted by Gasteiger charge is 2.25. The molecule has 2 rings (SSSR count). The average Bonchev–Trinajstić information content (AvgIpc) is 2.87. The Morgan fingerprint density at radius 2 is 2.00 bits per heavy atom. The van der Waals surface area contributed by atoms with Crippen molar-refractivity contribution < 1.29 is 14.5 Å². The molecule has 0 saturated heterocycles. The van der Waals surface area contributed by atoms with Crippen LogP contribution >= 0.6 is 23.1 Å². The summed E-state index contributed by atoms with van der Waals surface area (Å²) < 4.78 is 4.12. The molecule has 1 aromatic heterocycles. The van der Waals surface area contributed by atoms with Crippen molar-refractivity contribution in [1.29, 1.82) is 0 Å². The first-order valence-corrected chi connectivity index (χ1v) is 8.38. The number of anilines is 2. The van der Waals surface area contributed by atoms with E-state index in [4.69, 9.17) is 17.3 Å². The van der Waals surface area contributed by atoms with Crippen molar-refractivity contribution in [2.75, 3.05) is 11.4 Å². The molecule has 8 nitrogen and oxygen atoms in total. The number of rotatable bonds is 7. The third kappa shape index (κ3) is 4.74. The Balaban J connectivity index is 2.37. The number of aromatic nitrogens is 1. The van der Waals surface area contributed by atoms with Crippen LogP contribution in [0.5, 0.6) is 0 Å². The highest BCUT2D eigenvalue weighted by atomic mass is 35.5. The molecule has 0 radical (unpaired) electrons. The molecule has 1 heterocycles. The zero-order chi connectivity index (χ0) is 18.6. The molecule has 2 aromatic rings. The molecule has 2 amide bonds. The lowest BCUT2D eigenvalue weighted by atomic mass is 10.1. The summed E-state index contributed by atoms with van der Waals surface area (Å²) in [6.45, 7) is 1.22. The van der Waals surface area contributed by atoms with Gasteiger partial charge in [0.2, 0.25) is 18.4 Å². The van der Waals surface area contributed by atoms with Gasteiger partial charge in [-0.15, -0.1) is 0 Å². The summed E-state index contributed by atoms with van der Waals surface area (Å²) in [6.07, 6.45) is -0.195. The number of benzene rings is 1. The van der Waals surface area contributed by atoms with Gasteiger partial charge in [-0.1, -0.05) is 23.7 Å². The van der Waals surface area contributed by atoms with Gasteiger partial charge in [0, 0.05) is 10.6 Å². The number of carbonyl (C=O) groups is 2. The SMILES string of the molecule is Cc1nsc(N(C(=O)CC[N+](=O)[O-])c2ccc(CC(N)=O)cc2)c1Cl. The van der Waals surface area contributed by atoms with Gasteiger partial charge in [-0.05, 0) is 36.2 Å². The molecule has 2 N–H and O–H groups in total. The molecule has 0 spiro atoms. The van der Waals surface area contributed by atoms with Gasteiger partial charge in [0.1, 0.15) is 5.00 Å². The average molecular weight is 383 g/mol. The van der Waals surface area contributed by atoms with Gasteiger partial charge in [0.15, 0.2) is 0 Å². The highest BCUT2D eigenvalue weighted by molar-refractivity contribution is 7.11. The van der Waals surface area contributed by atoms with Crippen LogP contribution in [0, 0.1) is 17.0 Å². The van der Waals surface area contributed by atoms with Crippen LogP contribution in [0.1, 0.15) is 17.7 Å². The summed E-state index contributed by atoms with van der Waals surface area (Å²) in [7, 11) is 0. The minimum atomic E-state index is -0.550. The van der Waals surface area contributed by atoms with Gasteiger partial charge in [0.25, 0.3) is 0 Å². The van der Waals surface area contributed by atoms with E-state index < -0.39 is 23.3 Å². The lowest BCUT2D eigenvalue weighted by Gasteiger charge is -2.21. The topological polar surface area (TPSA) is 119 Å². The fraction of sp³-hybridized carbons (Fsp3) is 0.267. The van der Waals surface area contributed by atoms with Gasteiger partial charge < -0.3 is 5.73 Å². The van der Waals surface area contributed by atoms with Crippen LogP contribution in [0.25, 0.3) is 0 Å². The summed E-state index contributed by atoms with van der Waals surface area (Å²) >= 11 is 7.25. The number of nitro groups is 1. The van der Waals surface area contributed by atoms with Crippen molar-refractivity contribution in [2.45, 2.75) is 19.8 Å². The van der Waals surface area contributed by atoms with E-state index in [9.17, 15) is 19.7 Å². The maximum Gasteiger partial charge on any atom is 0.238 e. The van der Waals surface area contributed by atoms with Crippen LogP contribution in [-0.4, -0.2) is 27.7 Å². The number of nitrogens with zero attached hydrogens (tertiary/aromatic N) is 3. The molecule has 0 aliphatic rings. The van der Waals surface area contributed by atoms with Gasteiger partial charge in [-0.3, -0.25) is 24.6 Å². The number of aryl methyl sites for hydroxylation is 1. The van der Waals surface area contributed by atoms with Crippen LogP contribution in [0.4, 0.5) is 10.7 Å². The van der Waals surface area contributed by atoms with E-state index in [0.29, 0.717) is 27.0 Å². The lowest BCUT2D eigenvalue weighted by molar-refractivity contribution is -0.478. The second kappa shape index (κ2) is 8.04. The van der Waals surface area contributed by atoms with Crippen LogP contribution < -0.4 is 10.6 Å². The predicted octanol–water partition coefficient (Wildman–Crippen LogP) is 2.46.